The highest BCUT2D eigenvalue weighted by Crippen LogP contribution is 2.17. The minimum absolute atomic E-state index is 0.0335. The predicted molar refractivity (Wildman–Crippen MR) is 77.0 cm³/mol. The second-order valence-corrected chi connectivity index (χ2v) is 4.15. The Morgan fingerprint density at radius 2 is 1.90 bits per heavy atom. The molecule has 0 radical (unpaired) electrons. The Labute approximate surface area is 120 Å². The summed E-state index contributed by atoms with van der Waals surface area (Å²) in [7, 11) is 0. The van der Waals surface area contributed by atoms with Crippen molar-refractivity contribution in [2.24, 2.45) is 5.10 Å². The molecule has 0 bridgehead atoms. The Morgan fingerprint density at radius 3 is 2.57 bits per heavy atom. The number of amides is 1. The molecule has 0 fully saturated rings. The van der Waals surface area contributed by atoms with Crippen LogP contribution in [0.5, 0.6) is 0 Å². The first-order valence-electron chi connectivity index (χ1n) is 6.08. The molecule has 1 aromatic heterocycles. The molecular formula is C14H12N4O3. The van der Waals surface area contributed by atoms with Gasteiger partial charge in [0.15, 0.2) is 0 Å². The van der Waals surface area contributed by atoms with E-state index in [4.69, 9.17) is 0 Å². The first kappa shape index (κ1) is 14.3. The van der Waals surface area contributed by atoms with E-state index in [0.29, 0.717) is 5.71 Å². The molecule has 1 amide bonds. The van der Waals surface area contributed by atoms with Gasteiger partial charge in [-0.3, -0.25) is 19.9 Å². The third-order valence-electron chi connectivity index (χ3n) is 2.77. The van der Waals surface area contributed by atoms with Gasteiger partial charge in [0.05, 0.1) is 10.6 Å². The fraction of sp³-hybridized carbons (Fsp3) is 0.0714. The second-order valence-electron chi connectivity index (χ2n) is 4.15. The molecule has 106 valence electrons. The number of nitrogens with one attached hydrogen (secondary N) is 1. The highest BCUT2D eigenvalue weighted by molar-refractivity contribution is 6.02. The number of nitro groups is 1. The van der Waals surface area contributed by atoms with Gasteiger partial charge in [0.1, 0.15) is 5.56 Å². The molecule has 2 rings (SSSR count). The van der Waals surface area contributed by atoms with Crippen LogP contribution in [0.25, 0.3) is 0 Å². The fourth-order valence-corrected chi connectivity index (χ4v) is 1.68. The molecule has 0 aliphatic rings. The van der Waals surface area contributed by atoms with Crippen molar-refractivity contribution < 1.29 is 9.72 Å². The van der Waals surface area contributed by atoms with Crippen LogP contribution >= 0.6 is 0 Å². The van der Waals surface area contributed by atoms with Gasteiger partial charge in [-0.1, -0.05) is 12.1 Å². The van der Waals surface area contributed by atoms with E-state index in [2.05, 4.69) is 15.5 Å². The molecular weight excluding hydrogens is 272 g/mol. The summed E-state index contributed by atoms with van der Waals surface area (Å²) in [5, 5.41) is 14.8. The number of carbonyl (C=O) groups excluding carboxylic acids is 1. The van der Waals surface area contributed by atoms with Gasteiger partial charge in [-0.25, -0.2) is 5.43 Å². The zero-order valence-corrected chi connectivity index (χ0v) is 11.2. The third kappa shape index (κ3) is 3.47. The van der Waals surface area contributed by atoms with E-state index in [1.807, 2.05) is 0 Å². The number of hydrazone groups is 1. The van der Waals surface area contributed by atoms with Crippen LogP contribution < -0.4 is 5.43 Å². The van der Waals surface area contributed by atoms with Gasteiger partial charge in [-0.15, -0.1) is 0 Å². The van der Waals surface area contributed by atoms with Gasteiger partial charge in [0.2, 0.25) is 0 Å². The maximum atomic E-state index is 12.0. The average Bonchev–Trinajstić information content (AvgIpc) is 2.53. The Balaban J connectivity index is 2.18. The fourth-order valence-electron chi connectivity index (χ4n) is 1.68. The number of rotatable bonds is 4. The van der Waals surface area contributed by atoms with Crippen molar-refractivity contribution in [3.8, 4) is 0 Å². The van der Waals surface area contributed by atoms with Gasteiger partial charge in [-0.05, 0) is 25.1 Å². The first-order valence-corrected chi connectivity index (χ1v) is 6.08. The molecule has 2 aromatic rings. The van der Waals surface area contributed by atoms with Gasteiger partial charge in [0.25, 0.3) is 11.6 Å². The minimum Gasteiger partial charge on any atom is -0.267 e. The summed E-state index contributed by atoms with van der Waals surface area (Å²) in [6, 6.07) is 9.20. The van der Waals surface area contributed by atoms with E-state index >= 15 is 0 Å². The Hall–Kier alpha value is -3.09. The van der Waals surface area contributed by atoms with Crippen molar-refractivity contribution in [1.29, 1.82) is 0 Å². The van der Waals surface area contributed by atoms with Crippen LogP contribution in [0, 0.1) is 10.1 Å². The van der Waals surface area contributed by atoms with E-state index in [9.17, 15) is 14.9 Å². The van der Waals surface area contributed by atoms with Crippen molar-refractivity contribution in [3.63, 3.8) is 0 Å². The standard InChI is InChI=1S/C14H12N4O3/c1-10(11-6-8-15-9-7-11)16-17-14(19)12-4-2-3-5-13(12)18(20)21/h2-9H,1H3,(H,17,19). The molecule has 0 aliphatic heterocycles. The topological polar surface area (TPSA) is 97.5 Å². The molecule has 0 saturated heterocycles. The molecule has 1 aromatic carbocycles. The van der Waals surface area contributed by atoms with Crippen LogP contribution in [0.4, 0.5) is 5.69 Å². The summed E-state index contributed by atoms with van der Waals surface area (Å²) in [5.41, 5.74) is 3.40. The summed E-state index contributed by atoms with van der Waals surface area (Å²) >= 11 is 0. The number of nitro benzene ring substituents is 1. The van der Waals surface area contributed by atoms with Crippen LogP contribution in [0.2, 0.25) is 0 Å². The lowest BCUT2D eigenvalue weighted by Crippen LogP contribution is -2.20. The molecule has 7 heteroatoms. The number of benzene rings is 1. The molecule has 1 N–H and O–H groups in total. The van der Waals surface area contributed by atoms with Crippen molar-refractivity contribution >= 4 is 17.3 Å². The lowest BCUT2D eigenvalue weighted by atomic mass is 10.2. The number of aromatic nitrogens is 1. The van der Waals surface area contributed by atoms with Gasteiger partial charge in [-0.2, -0.15) is 5.10 Å². The second kappa shape index (κ2) is 6.38. The highest BCUT2D eigenvalue weighted by Gasteiger charge is 2.18. The Kier molecular flexibility index (Phi) is 4.35. The lowest BCUT2D eigenvalue weighted by molar-refractivity contribution is -0.385. The number of hydrogen-bond acceptors (Lipinski definition) is 5. The number of nitrogens with zero attached hydrogens (tertiary/aromatic N) is 3. The normalized spacial score (nSPS) is 11.0. The van der Waals surface area contributed by atoms with Crippen LogP contribution in [0.15, 0.2) is 53.9 Å². The Bertz CT molecular complexity index is 698. The van der Waals surface area contributed by atoms with Crippen molar-refractivity contribution in [1.82, 2.24) is 10.4 Å². The van der Waals surface area contributed by atoms with E-state index < -0.39 is 10.8 Å². The van der Waals surface area contributed by atoms with Crippen molar-refractivity contribution in [3.05, 3.63) is 70.0 Å². The molecule has 0 unspecified atom stereocenters. The molecule has 0 aliphatic carbocycles. The smallest absolute Gasteiger partial charge is 0.267 e. The molecule has 0 saturated carbocycles. The third-order valence-corrected chi connectivity index (χ3v) is 2.77. The number of carbonyl (C=O) groups is 1. The molecule has 0 atom stereocenters. The number of para-hydroxylation sites is 1. The maximum Gasteiger partial charge on any atom is 0.282 e. The summed E-state index contributed by atoms with van der Waals surface area (Å²) in [6.07, 6.45) is 3.22. The first-order chi connectivity index (χ1) is 10.1. The molecule has 0 spiro atoms. The Morgan fingerprint density at radius 1 is 1.24 bits per heavy atom. The molecule has 21 heavy (non-hydrogen) atoms. The van der Waals surface area contributed by atoms with Crippen molar-refractivity contribution in [2.75, 3.05) is 0 Å². The summed E-state index contributed by atoms with van der Waals surface area (Å²) in [6.45, 7) is 1.72. The van der Waals surface area contributed by atoms with E-state index in [1.165, 1.54) is 18.2 Å². The zero-order chi connectivity index (χ0) is 15.2. The van der Waals surface area contributed by atoms with Crippen LogP contribution in [0.3, 0.4) is 0 Å². The number of pyridine rings is 1. The van der Waals surface area contributed by atoms with Gasteiger partial charge in [0, 0.05) is 24.0 Å². The van der Waals surface area contributed by atoms with Crippen LogP contribution in [0.1, 0.15) is 22.8 Å². The van der Waals surface area contributed by atoms with Gasteiger partial charge < -0.3 is 0 Å². The van der Waals surface area contributed by atoms with Crippen molar-refractivity contribution in [2.45, 2.75) is 6.92 Å². The largest absolute Gasteiger partial charge is 0.282 e. The molecule has 1 heterocycles. The summed E-state index contributed by atoms with van der Waals surface area (Å²) < 4.78 is 0. The number of hydrogen-bond donors (Lipinski definition) is 1. The van der Waals surface area contributed by atoms with E-state index in [1.54, 1.807) is 37.5 Å². The van der Waals surface area contributed by atoms with E-state index in [-0.39, 0.29) is 11.3 Å². The van der Waals surface area contributed by atoms with E-state index in [0.717, 1.165) is 5.56 Å². The maximum absolute atomic E-state index is 12.0. The van der Waals surface area contributed by atoms with Crippen LogP contribution in [-0.2, 0) is 0 Å². The average molecular weight is 284 g/mol. The summed E-state index contributed by atoms with van der Waals surface area (Å²) in [5.74, 6) is -0.629. The minimum atomic E-state index is -0.629. The van der Waals surface area contributed by atoms with Crippen LogP contribution in [-0.4, -0.2) is 21.5 Å². The van der Waals surface area contributed by atoms with Gasteiger partial charge >= 0.3 is 0 Å². The SMILES string of the molecule is CC(=NNC(=O)c1ccccc1[N+](=O)[O-])c1ccncc1. The quantitative estimate of drug-likeness (QED) is 0.528. The monoisotopic (exact) mass is 284 g/mol. The lowest BCUT2D eigenvalue weighted by Gasteiger charge is -2.03. The predicted octanol–water partition coefficient (Wildman–Crippen LogP) is 2.14. The zero-order valence-electron chi connectivity index (χ0n) is 11.2. The highest BCUT2D eigenvalue weighted by atomic mass is 16.6. The molecule has 7 nitrogen and oxygen atoms in total. The summed E-state index contributed by atoms with van der Waals surface area (Å²) in [4.78, 5) is 26.1.